The summed E-state index contributed by atoms with van der Waals surface area (Å²) in [6, 6.07) is 0.437. The fourth-order valence-corrected chi connectivity index (χ4v) is 4.77. The molecule has 2 atom stereocenters. The van der Waals surface area contributed by atoms with Crippen molar-refractivity contribution >= 4 is 51.2 Å². The van der Waals surface area contributed by atoms with Gasteiger partial charge in [0.1, 0.15) is 5.82 Å². The van der Waals surface area contributed by atoms with Crippen LogP contribution in [0, 0.1) is 12.7 Å². The fraction of sp³-hybridized carbons (Fsp3) is 0.529. The number of hydrogen-bond acceptors (Lipinski definition) is 5. The van der Waals surface area contributed by atoms with E-state index in [1.54, 1.807) is 6.92 Å². The third kappa shape index (κ3) is 2.60. The minimum absolute atomic E-state index is 0.139. The van der Waals surface area contributed by atoms with Gasteiger partial charge < -0.3 is 9.64 Å². The predicted molar refractivity (Wildman–Crippen MR) is 108 cm³/mol. The molecular weight excluding hydrogens is 474 g/mol. The zero-order chi connectivity index (χ0) is 18.7. The quantitative estimate of drug-likeness (QED) is 0.529. The Bertz CT molecular complexity index is 966. The van der Waals surface area contributed by atoms with E-state index in [2.05, 4.69) is 28.8 Å². The zero-order valence-electron chi connectivity index (χ0n) is 14.7. The molecule has 1 aromatic carbocycles. The molecule has 140 valence electrons. The van der Waals surface area contributed by atoms with E-state index < -0.39 is 11.5 Å². The van der Waals surface area contributed by atoms with Gasteiger partial charge in [-0.2, -0.15) is 4.98 Å². The van der Waals surface area contributed by atoms with Crippen LogP contribution in [0.5, 0.6) is 5.75 Å². The normalized spacial score (nSPS) is 23.4. The molecule has 3 heterocycles. The van der Waals surface area contributed by atoms with Gasteiger partial charge in [0.05, 0.1) is 45.4 Å². The second-order valence-electron chi connectivity index (χ2n) is 7.04. The van der Waals surface area contributed by atoms with Crippen LogP contribution in [0.4, 0.5) is 10.2 Å². The SMILES string of the molecule is Cc1c(F)c2c3c(nc(=O)n(I)c3c1Cl)N1CC(C)N(C)CC1CCO2. The Labute approximate surface area is 169 Å². The summed E-state index contributed by atoms with van der Waals surface area (Å²) < 4.78 is 22.1. The first-order valence-corrected chi connectivity index (χ1v) is 9.85. The van der Waals surface area contributed by atoms with E-state index in [0.717, 1.165) is 13.0 Å². The van der Waals surface area contributed by atoms with Gasteiger partial charge in [-0.25, -0.2) is 12.0 Å². The Balaban J connectivity index is 2.09. The molecule has 9 heteroatoms. The molecule has 0 N–H and O–H groups in total. The molecule has 2 aromatic rings. The van der Waals surface area contributed by atoms with Crippen molar-refractivity contribution < 1.29 is 9.13 Å². The number of benzene rings is 1. The van der Waals surface area contributed by atoms with Crippen LogP contribution in [-0.4, -0.2) is 51.5 Å². The zero-order valence-corrected chi connectivity index (χ0v) is 17.6. The largest absolute Gasteiger partial charge is 0.490 e. The summed E-state index contributed by atoms with van der Waals surface area (Å²) in [5.74, 6) is 0.124. The third-order valence-corrected chi connectivity index (χ3v) is 6.80. The van der Waals surface area contributed by atoms with Crippen molar-refractivity contribution in [2.45, 2.75) is 32.4 Å². The second kappa shape index (κ2) is 6.49. The smallest absolute Gasteiger partial charge is 0.359 e. The highest BCUT2D eigenvalue weighted by molar-refractivity contribution is 14.1. The molecule has 1 fully saturated rings. The molecule has 0 radical (unpaired) electrons. The van der Waals surface area contributed by atoms with Crippen LogP contribution >= 0.6 is 34.5 Å². The molecule has 0 spiro atoms. The Morgan fingerprint density at radius 2 is 2.12 bits per heavy atom. The molecular formula is C17H19ClFIN4O2. The minimum Gasteiger partial charge on any atom is -0.490 e. The number of fused-ring (bicyclic) bond motifs is 2. The Morgan fingerprint density at radius 1 is 1.38 bits per heavy atom. The van der Waals surface area contributed by atoms with E-state index in [4.69, 9.17) is 16.3 Å². The van der Waals surface area contributed by atoms with Gasteiger partial charge >= 0.3 is 5.69 Å². The summed E-state index contributed by atoms with van der Waals surface area (Å²) in [6.07, 6.45) is 0.730. The van der Waals surface area contributed by atoms with Crippen molar-refractivity contribution in [1.82, 2.24) is 12.7 Å². The molecule has 0 bridgehead atoms. The number of aromatic nitrogens is 2. The van der Waals surface area contributed by atoms with Crippen LogP contribution in [0.2, 0.25) is 5.02 Å². The average Bonchev–Trinajstić information content (AvgIpc) is 2.59. The Morgan fingerprint density at radius 3 is 2.85 bits per heavy atom. The highest BCUT2D eigenvalue weighted by Crippen LogP contribution is 2.43. The molecule has 2 aliphatic heterocycles. The minimum atomic E-state index is -0.485. The third-order valence-electron chi connectivity index (χ3n) is 5.44. The molecule has 0 aliphatic carbocycles. The summed E-state index contributed by atoms with van der Waals surface area (Å²) >= 11 is 8.30. The average molecular weight is 493 g/mol. The van der Waals surface area contributed by atoms with E-state index >= 15 is 0 Å². The van der Waals surface area contributed by atoms with Gasteiger partial charge in [-0.05, 0) is 20.9 Å². The number of hydrogen-bond donors (Lipinski definition) is 0. The predicted octanol–water partition coefficient (Wildman–Crippen LogP) is 2.99. The standard InChI is InChI=1S/C17H19ClFIN4O2/c1-8-6-23-10(7-22(8)3)4-5-26-15-11-14(12(18)9(2)13(15)19)24(20)17(25)21-16(11)23/h8,10H,4-7H2,1-3H3. The fourth-order valence-electron chi connectivity index (χ4n) is 3.78. The molecule has 0 amide bonds. The summed E-state index contributed by atoms with van der Waals surface area (Å²) in [4.78, 5) is 21.2. The van der Waals surface area contributed by atoms with E-state index in [9.17, 15) is 9.18 Å². The first-order chi connectivity index (χ1) is 12.3. The monoisotopic (exact) mass is 492 g/mol. The molecule has 0 saturated carbocycles. The van der Waals surface area contributed by atoms with Gasteiger partial charge in [0.15, 0.2) is 11.6 Å². The Kier molecular flexibility index (Phi) is 4.55. The molecule has 1 aromatic heterocycles. The summed E-state index contributed by atoms with van der Waals surface area (Å²) in [7, 11) is 2.08. The van der Waals surface area contributed by atoms with Crippen molar-refractivity contribution in [2.24, 2.45) is 0 Å². The molecule has 2 aliphatic rings. The van der Waals surface area contributed by atoms with Crippen LogP contribution < -0.4 is 15.3 Å². The maximum atomic E-state index is 15.0. The van der Waals surface area contributed by atoms with Crippen molar-refractivity contribution in [1.29, 1.82) is 0 Å². The van der Waals surface area contributed by atoms with Crippen molar-refractivity contribution in [3.63, 3.8) is 0 Å². The van der Waals surface area contributed by atoms with Gasteiger partial charge in [-0.1, -0.05) is 11.6 Å². The number of likely N-dealkylation sites (N-methyl/N-ethyl adjacent to an activating group) is 1. The second-order valence-corrected chi connectivity index (χ2v) is 8.38. The highest BCUT2D eigenvalue weighted by atomic mass is 127. The highest BCUT2D eigenvalue weighted by Gasteiger charge is 2.35. The first-order valence-electron chi connectivity index (χ1n) is 8.51. The maximum absolute atomic E-state index is 15.0. The number of rotatable bonds is 0. The van der Waals surface area contributed by atoms with Gasteiger partial charge in [0, 0.05) is 37.2 Å². The maximum Gasteiger partial charge on any atom is 0.359 e. The van der Waals surface area contributed by atoms with Gasteiger partial charge in [0.25, 0.3) is 0 Å². The van der Waals surface area contributed by atoms with Gasteiger partial charge in [0.2, 0.25) is 0 Å². The summed E-state index contributed by atoms with van der Waals surface area (Å²) in [6.45, 7) is 5.67. The van der Waals surface area contributed by atoms with Crippen molar-refractivity contribution in [3.8, 4) is 5.75 Å². The molecule has 26 heavy (non-hydrogen) atoms. The number of anilines is 1. The van der Waals surface area contributed by atoms with Crippen LogP contribution in [0.1, 0.15) is 18.9 Å². The van der Waals surface area contributed by atoms with Crippen LogP contribution in [0.3, 0.4) is 0 Å². The van der Waals surface area contributed by atoms with E-state index in [0.29, 0.717) is 35.9 Å². The van der Waals surface area contributed by atoms with E-state index in [1.807, 2.05) is 22.9 Å². The van der Waals surface area contributed by atoms with Crippen LogP contribution in [0.15, 0.2) is 4.79 Å². The summed E-state index contributed by atoms with van der Waals surface area (Å²) in [5.41, 5.74) is 0.321. The van der Waals surface area contributed by atoms with Crippen molar-refractivity contribution in [3.05, 3.63) is 26.9 Å². The van der Waals surface area contributed by atoms with E-state index in [1.165, 1.54) is 2.78 Å². The number of piperazine rings is 1. The summed E-state index contributed by atoms with van der Waals surface area (Å²) in [5, 5.41) is 0.702. The molecule has 4 rings (SSSR count). The van der Waals surface area contributed by atoms with Crippen LogP contribution in [0.25, 0.3) is 10.9 Å². The number of halogens is 3. The lowest BCUT2D eigenvalue weighted by molar-refractivity contribution is 0.178. The molecule has 1 saturated heterocycles. The Hall–Kier alpha value is -1.13. The van der Waals surface area contributed by atoms with Gasteiger partial charge in [-0.3, -0.25) is 4.90 Å². The lowest BCUT2D eigenvalue weighted by Crippen LogP contribution is -2.57. The molecule has 6 nitrogen and oxygen atoms in total. The van der Waals surface area contributed by atoms with E-state index in [-0.39, 0.29) is 22.4 Å². The lowest BCUT2D eigenvalue weighted by atomic mass is 10.0. The lowest BCUT2D eigenvalue weighted by Gasteiger charge is -2.45. The van der Waals surface area contributed by atoms with Gasteiger partial charge in [-0.15, -0.1) is 0 Å². The number of ether oxygens (including phenoxy) is 1. The topological polar surface area (TPSA) is 50.6 Å². The van der Waals surface area contributed by atoms with Crippen LogP contribution in [-0.2, 0) is 0 Å². The molecule has 2 unspecified atom stereocenters. The number of nitrogens with zero attached hydrogens (tertiary/aromatic N) is 4. The first kappa shape index (κ1) is 18.2. The van der Waals surface area contributed by atoms with Crippen molar-refractivity contribution in [2.75, 3.05) is 31.6 Å².